The van der Waals surface area contributed by atoms with Gasteiger partial charge in [0.1, 0.15) is 5.75 Å². The number of nitrogens with one attached hydrogen (secondary N) is 1. The smallest absolute Gasteiger partial charge is 0.345 e. The molecule has 0 saturated heterocycles. The summed E-state index contributed by atoms with van der Waals surface area (Å²) in [5.74, 6) is -1.89. The average Bonchev–Trinajstić information content (AvgIpc) is 2.94. The molecule has 0 spiro atoms. The third kappa shape index (κ3) is 3.95. The zero-order valence-electron chi connectivity index (χ0n) is 17.9. The molecule has 0 amide bonds. The molecule has 3 N–H and O–H groups in total. The molecule has 2 aromatic heterocycles. The molecule has 31 heavy (non-hydrogen) atoms. The maximum Gasteiger partial charge on any atom is 0.345 e. The van der Waals surface area contributed by atoms with Crippen molar-refractivity contribution in [3.63, 3.8) is 0 Å². The van der Waals surface area contributed by atoms with Crippen molar-refractivity contribution in [1.82, 2.24) is 14.5 Å². The van der Waals surface area contributed by atoms with Crippen LogP contribution in [0, 0.1) is 0 Å². The van der Waals surface area contributed by atoms with Crippen LogP contribution in [0.4, 0.5) is 0 Å². The Kier molecular flexibility index (Phi) is 6.48. The molecule has 0 atom stereocenters. The minimum Gasteiger partial charge on any atom is -0.506 e. The molecule has 2 heterocycles. The van der Waals surface area contributed by atoms with E-state index in [0.717, 1.165) is 23.0 Å². The number of benzene rings is 1. The second-order valence-electron chi connectivity index (χ2n) is 8.16. The molecular weight excluding hydrogens is 418 g/mol. The first-order chi connectivity index (χ1) is 14.3. The lowest BCUT2D eigenvalue weighted by Crippen LogP contribution is -2.36. The Morgan fingerprint density at radius 2 is 2.00 bits per heavy atom. The molecule has 8 heteroatoms. The fourth-order valence-electron chi connectivity index (χ4n) is 4.34. The van der Waals surface area contributed by atoms with Gasteiger partial charge in [0.15, 0.2) is 5.56 Å². The molecular formula is C23H28ClN3O4. The fraction of sp³-hybridized carbons (Fsp3) is 0.391. The van der Waals surface area contributed by atoms with Gasteiger partial charge >= 0.3 is 5.97 Å². The molecule has 1 aliphatic rings. The van der Waals surface area contributed by atoms with Gasteiger partial charge in [-0.2, -0.15) is 0 Å². The number of H-pyrrole nitrogens is 1. The molecule has 4 rings (SSSR count). The van der Waals surface area contributed by atoms with Crippen molar-refractivity contribution in [3.8, 4) is 17.0 Å². The number of rotatable bonds is 6. The highest BCUT2D eigenvalue weighted by atomic mass is 35.5. The van der Waals surface area contributed by atoms with Gasteiger partial charge in [0.25, 0.3) is 5.56 Å². The van der Waals surface area contributed by atoms with E-state index < -0.39 is 22.8 Å². The maximum atomic E-state index is 12.3. The maximum absolute atomic E-state index is 12.3. The number of carbonyl (C=O) groups is 1. The van der Waals surface area contributed by atoms with E-state index in [9.17, 15) is 19.8 Å². The van der Waals surface area contributed by atoms with Gasteiger partial charge in [-0.25, -0.2) is 4.79 Å². The minimum atomic E-state index is -1.44. The Bertz CT molecular complexity index is 1190. The molecule has 3 aromatic rings. The topological polar surface area (TPSA) is 98.6 Å². The van der Waals surface area contributed by atoms with Crippen LogP contribution in [0.2, 0.25) is 0 Å². The average molecular weight is 446 g/mol. The number of pyridine rings is 1. The number of halogens is 1. The third-order valence-corrected chi connectivity index (χ3v) is 6.40. The monoisotopic (exact) mass is 445 g/mol. The van der Waals surface area contributed by atoms with Gasteiger partial charge < -0.3 is 19.8 Å². The number of nitrogens with zero attached hydrogens (tertiary/aromatic N) is 2. The van der Waals surface area contributed by atoms with Crippen LogP contribution in [-0.2, 0) is 20.0 Å². The summed E-state index contributed by atoms with van der Waals surface area (Å²) in [6, 6.07) is 8.69. The normalized spacial score (nSPS) is 13.9. The number of aromatic nitrogens is 2. The first-order valence-corrected chi connectivity index (χ1v) is 10.3. The van der Waals surface area contributed by atoms with E-state index >= 15 is 0 Å². The number of carboxylic acid groups (broad SMARTS) is 1. The molecule has 0 aliphatic heterocycles. The largest absolute Gasteiger partial charge is 0.506 e. The van der Waals surface area contributed by atoms with Crippen LogP contribution in [0.25, 0.3) is 22.2 Å². The highest BCUT2D eigenvalue weighted by Crippen LogP contribution is 2.33. The third-order valence-electron chi connectivity index (χ3n) is 6.40. The van der Waals surface area contributed by atoms with Gasteiger partial charge in [-0.15, -0.1) is 12.4 Å². The van der Waals surface area contributed by atoms with Gasteiger partial charge in [0, 0.05) is 41.8 Å². The molecule has 0 bridgehead atoms. The highest BCUT2D eigenvalue weighted by molar-refractivity contribution is 5.92. The molecule has 1 saturated carbocycles. The summed E-state index contributed by atoms with van der Waals surface area (Å²) in [4.78, 5) is 28.7. The lowest BCUT2D eigenvalue weighted by atomic mass is 9.92. The molecule has 0 radical (unpaired) electrons. The number of hydrogen-bond acceptors (Lipinski definition) is 4. The van der Waals surface area contributed by atoms with Crippen LogP contribution in [0.3, 0.4) is 0 Å². The lowest BCUT2D eigenvalue weighted by Gasteiger charge is -2.34. The summed E-state index contributed by atoms with van der Waals surface area (Å²) in [6.45, 7) is 2.69. The van der Waals surface area contributed by atoms with Crippen LogP contribution in [0.15, 0.2) is 29.1 Å². The predicted octanol–water partition coefficient (Wildman–Crippen LogP) is 3.91. The molecule has 0 unspecified atom stereocenters. The summed E-state index contributed by atoms with van der Waals surface area (Å²) in [6.07, 6.45) is 4.21. The standard InChI is InChI=1S/C23H27N3O4.ClH/c1-4-17-20(24-22(28)19(21(17)27)23(29)30)13-8-9-18-14(10-13)11-16(26(18)3)12-25(2)15-6-5-7-15;/h8-11,15H,4-7,12H2,1-3H3,(H,29,30)(H2,24,27,28);1H. The SMILES string of the molecule is CCc1c(-c2ccc3c(c2)cc(CN(C)C2CCC2)n3C)[nH]c(=O)c(C(=O)O)c1O.Cl. The number of fused-ring (bicyclic) bond motifs is 1. The first kappa shape index (κ1) is 22.9. The zero-order valence-corrected chi connectivity index (χ0v) is 18.8. The van der Waals surface area contributed by atoms with Crippen molar-refractivity contribution in [2.45, 2.75) is 45.2 Å². The van der Waals surface area contributed by atoms with Gasteiger partial charge in [0.2, 0.25) is 0 Å². The first-order valence-electron chi connectivity index (χ1n) is 10.3. The highest BCUT2D eigenvalue weighted by Gasteiger charge is 2.24. The number of aromatic amines is 1. The van der Waals surface area contributed by atoms with E-state index in [2.05, 4.69) is 34.6 Å². The Labute approximate surface area is 186 Å². The minimum absolute atomic E-state index is 0. The Hall–Kier alpha value is -2.77. The van der Waals surface area contributed by atoms with Gasteiger partial charge in [-0.1, -0.05) is 19.4 Å². The summed E-state index contributed by atoms with van der Waals surface area (Å²) >= 11 is 0. The molecule has 1 aromatic carbocycles. The number of aromatic carboxylic acids is 1. The van der Waals surface area contributed by atoms with Gasteiger partial charge in [0.05, 0.1) is 5.69 Å². The Morgan fingerprint density at radius 3 is 2.58 bits per heavy atom. The molecule has 1 aliphatic carbocycles. The zero-order chi connectivity index (χ0) is 21.6. The van der Waals surface area contributed by atoms with E-state index in [1.54, 1.807) is 0 Å². The second kappa shape index (κ2) is 8.77. The summed E-state index contributed by atoms with van der Waals surface area (Å²) in [5, 5.41) is 20.7. The molecule has 1 fully saturated rings. The lowest BCUT2D eigenvalue weighted by molar-refractivity contribution is 0.0691. The number of aryl methyl sites for hydroxylation is 1. The van der Waals surface area contributed by atoms with Gasteiger partial charge in [-0.3, -0.25) is 9.69 Å². The molecule has 166 valence electrons. The van der Waals surface area contributed by atoms with Crippen LogP contribution >= 0.6 is 12.4 Å². The summed E-state index contributed by atoms with van der Waals surface area (Å²) in [7, 11) is 4.22. The van der Waals surface area contributed by atoms with Gasteiger partial charge in [-0.05, 0) is 50.1 Å². The molecule has 7 nitrogen and oxygen atoms in total. The van der Waals surface area contributed by atoms with Crippen LogP contribution in [0.1, 0.15) is 47.8 Å². The van der Waals surface area contributed by atoms with Crippen LogP contribution < -0.4 is 5.56 Å². The van der Waals surface area contributed by atoms with Crippen molar-refractivity contribution in [2.24, 2.45) is 7.05 Å². The second-order valence-corrected chi connectivity index (χ2v) is 8.16. The van der Waals surface area contributed by atoms with Crippen molar-refractivity contribution >= 4 is 29.3 Å². The Morgan fingerprint density at radius 1 is 1.29 bits per heavy atom. The summed E-state index contributed by atoms with van der Waals surface area (Å²) < 4.78 is 2.18. The van der Waals surface area contributed by atoms with Crippen LogP contribution in [0.5, 0.6) is 5.75 Å². The fourth-order valence-corrected chi connectivity index (χ4v) is 4.34. The number of hydrogen-bond donors (Lipinski definition) is 3. The summed E-state index contributed by atoms with van der Waals surface area (Å²) in [5.41, 5.74) is 2.51. The number of aromatic hydroxyl groups is 1. The predicted molar refractivity (Wildman–Crippen MR) is 123 cm³/mol. The van der Waals surface area contributed by atoms with Crippen molar-refractivity contribution in [3.05, 3.63) is 51.4 Å². The van der Waals surface area contributed by atoms with E-state index in [1.165, 1.54) is 25.0 Å². The number of carboxylic acids is 1. The van der Waals surface area contributed by atoms with E-state index in [1.807, 2.05) is 25.1 Å². The van der Waals surface area contributed by atoms with E-state index in [-0.39, 0.29) is 12.4 Å². The quantitative estimate of drug-likeness (QED) is 0.534. The van der Waals surface area contributed by atoms with E-state index in [0.29, 0.717) is 23.7 Å². The van der Waals surface area contributed by atoms with Crippen molar-refractivity contribution in [2.75, 3.05) is 7.05 Å². The van der Waals surface area contributed by atoms with Crippen LogP contribution in [-0.4, -0.2) is 43.7 Å². The Balaban J connectivity index is 0.00000272. The van der Waals surface area contributed by atoms with Crippen molar-refractivity contribution < 1.29 is 15.0 Å². The van der Waals surface area contributed by atoms with E-state index in [4.69, 9.17) is 0 Å². The van der Waals surface area contributed by atoms with Crippen molar-refractivity contribution in [1.29, 1.82) is 0 Å².